The lowest BCUT2D eigenvalue weighted by Crippen LogP contribution is -2.23. The van der Waals surface area contributed by atoms with Crippen molar-refractivity contribution in [1.82, 2.24) is 5.32 Å². The molecule has 0 aliphatic rings. The van der Waals surface area contributed by atoms with Crippen molar-refractivity contribution in [1.29, 1.82) is 0 Å². The number of furan rings is 1. The van der Waals surface area contributed by atoms with Gasteiger partial charge in [-0.3, -0.25) is 0 Å². The van der Waals surface area contributed by atoms with Crippen LogP contribution in [0, 0.1) is 13.8 Å². The molecule has 0 fully saturated rings. The summed E-state index contributed by atoms with van der Waals surface area (Å²) in [6, 6.07) is 10.8. The van der Waals surface area contributed by atoms with E-state index in [9.17, 15) is 0 Å². The summed E-state index contributed by atoms with van der Waals surface area (Å²) >= 11 is 3.62. The first-order chi connectivity index (χ1) is 9.11. The van der Waals surface area contributed by atoms with Crippen LogP contribution in [0.4, 0.5) is 0 Å². The second kappa shape index (κ2) is 6.40. The highest BCUT2D eigenvalue weighted by molar-refractivity contribution is 9.10. The minimum Gasteiger partial charge on any atom is -0.466 e. The quantitative estimate of drug-likeness (QED) is 0.873. The third kappa shape index (κ3) is 3.48. The van der Waals surface area contributed by atoms with Crippen LogP contribution in [0.15, 0.2) is 39.2 Å². The Hall–Kier alpha value is -1.06. The van der Waals surface area contributed by atoms with Gasteiger partial charge in [0, 0.05) is 16.1 Å². The van der Waals surface area contributed by atoms with Crippen molar-refractivity contribution in [3.05, 3.63) is 57.5 Å². The monoisotopic (exact) mass is 321 g/mol. The lowest BCUT2D eigenvalue weighted by molar-refractivity contribution is 0.484. The summed E-state index contributed by atoms with van der Waals surface area (Å²) in [7, 11) is 0. The van der Waals surface area contributed by atoms with Gasteiger partial charge >= 0.3 is 0 Å². The molecule has 0 aliphatic carbocycles. The molecule has 2 rings (SSSR count). The molecule has 0 bridgehead atoms. The summed E-state index contributed by atoms with van der Waals surface area (Å²) < 4.78 is 6.82. The summed E-state index contributed by atoms with van der Waals surface area (Å²) in [6.45, 7) is 7.11. The second-order valence-corrected chi connectivity index (χ2v) is 5.63. The molecule has 1 atom stereocenters. The van der Waals surface area contributed by atoms with E-state index >= 15 is 0 Å². The third-order valence-electron chi connectivity index (χ3n) is 3.29. The maximum atomic E-state index is 5.66. The van der Waals surface area contributed by atoms with Crippen LogP contribution in [0.3, 0.4) is 0 Å². The fraction of sp³-hybridized carbons (Fsp3) is 0.375. The first-order valence-corrected chi connectivity index (χ1v) is 7.44. The molecule has 3 heteroatoms. The van der Waals surface area contributed by atoms with Gasteiger partial charge < -0.3 is 9.73 Å². The topological polar surface area (TPSA) is 25.2 Å². The van der Waals surface area contributed by atoms with Crippen LogP contribution in [0.5, 0.6) is 0 Å². The van der Waals surface area contributed by atoms with Crippen LogP contribution in [0.2, 0.25) is 0 Å². The predicted octanol–water partition coefficient (Wildman–Crippen LogP) is 4.55. The number of likely N-dealkylation sites (N-methyl/N-ethyl adjacent to an activating group) is 1. The highest BCUT2D eigenvalue weighted by Gasteiger charge is 2.17. The van der Waals surface area contributed by atoms with E-state index in [1.807, 2.05) is 19.9 Å². The summed E-state index contributed by atoms with van der Waals surface area (Å²) in [6.07, 6.45) is 0.953. The molecule has 1 N–H and O–H groups in total. The van der Waals surface area contributed by atoms with Crippen LogP contribution in [-0.2, 0) is 6.42 Å². The van der Waals surface area contributed by atoms with Crippen molar-refractivity contribution in [2.75, 3.05) is 6.54 Å². The fourth-order valence-electron chi connectivity index (χ4n) is 2.42. The molecule has 1 aromatic carbocycles. The number of hydrogen-bond donors (Lipinski definition) is 1. The van der Waals surface area contributed by atoms with Gasteiger partial charge in [0.2, 0.25) is 0 Å². The Balaban J connectivity index is 2.26. The standard InChI is InChI=1S/C16H20BrNO/c1-4-18-16(14-9-11(2)19-12(14)3)10-13-7-5-6-8-15(13)17/h5-9,16,18H,4,10H2,1-3H3. The molecule has 0 aliphatic heterocycles. The average molecular weight is 322 g/mol. The number of nitrogens with one attached hydrogen (secondary N) is 1. The van der Waals surface area contributed by atoms with Crippen molar-refractivity contribution in [2.45, 2.75) is 33.2 Å². The summed E-state index contributed by atoms with van der Waals surface area (Å²) in [5.41, 5.74) is 2.57. The predicted molar refractivity (Wildman–Crippen MR) is 82.4 cm³/mol. The molecule has 19 heavy (non-hydrogen) atoms. The lowest BCUT2D eigenvalue weighted by atomic mass is 9.99. The Morgan fingerprint density at radius 1 is 1.26 bits per heavy atom. The molecule has 2 aromatic rings. The zero-order valence-corrected chi connectivity index (χ0v) is 13.3. The Bertz CT molecular complexity index is 547. The van der Waals surface area contributed by atoms with E-state index in [4.69, 9.17) is 4.42 Å². The van der Waals surface area contributed by atoms with Crippen LogP contribution >= 0.6 is 15.9 Å². The minimum absolute atomic E-state index is 0.293. The Labute approximate surface area is 123 Å². The summed E-state index contributed by atoms with van der Waals surface area (Å²) in [4.78, 5) is 0. The van der Waals surface area contributed by atoms with Crippen molar-refractivity contribution in [3.63, 3.8) is 0 Å². The SMILES string of the molecule is CCNC(Cc1ccccc1Br)c1cc(C)oc1C. The molecule has 0 saturated carbocycles. The molecule has 0 amide bonds. The van der Waals surface area contributed by atoms with Gasteiger partial charge in [0.1, 0.15) is 11.5 Å². The van der Waals surface area contributed by atoms with Gasteiger partial charge in [-0.2, -0.15) is 0 Å². The van der Waals surface area contributed by atoms with Gasteiger partial charge in [0.25, 0.3) is 0 Å². The van der Waals surface area contributed by atoms with Gasteiger partial charge in [-0.15, -0.1) is 0 Å². The zero-order chi connectivity index (χ0) is 13.8. The van der Waals surface area contributed by atoms with Crippen molar-refractivity contribution in [3.8, 4) is 0 Å². The average Bonchev–Trinajstić information content (AvgIpc) is 2.70. The van der Waals surface area contributed by atoms with E-state index in [1.165, 1.54) is 11.1 Å². The molecule has 1 unspecified atom stereocenters. The highest BCUT2D eigenvalue weighted by atomic mass is 79.9. The number of rotatable bonds is 5. The molecule has 102 valence electrons. The molecular formula is C16H20BrNO. The minimum atomic E-state index is 0.293. The number of hydrogen-bond acceptors (Lipinski definition) is 2. The van der Waals surface area contributed by atoms with E-state index in [0.717, 1.165) is 29.0 Å². The van der Waals surface area contributed by atoms with Gasteiger partial charge in [-0.05, 0) is 44.5 Å². The number of aryl methyl sites for hydroxylation is 2. The molecule has 0 spiro atoms. The maximum absolute atomic E-state index is 5.66. The molecule has 0 saturated heterocycles. The molecule has 0 radical (unpaired) electrons. The van der Waals surface area contributed by atoms with Gasteiger partial charge in [0.05, 0.1) is 0 Å². The van der Waals surface area contributed by atoms with Crippen LogP contribution in [-0.4, -0.2) is 6.54 Å². The third-order valence-corrected chi connectivity index (χ3v) is 4.06. The van der Waals surface area contributed by atoms with Gasteiger partial charge in [-0.25, -0.2) is 0 Å². The molecule has 1 heterocycles. The van der Waals surface area contributed by atoms with E-state index in [0.29, 0.717) is 6.04 Å². The molecular weight excluding hydrogens is 302 g/mol. The van der Waals surface area contributed by atoms with Gasteiger partial charge in [0.15, 0.2) is 0 Å². The van der Waals surface area contributed by atoms with Crippen LogP contribution in [0.1, 0.15) is 35.6 Å². The first-order valence-electron chi connectivity index (χ1n) is 6.65. The van der Waals surface area contributed by atoms with Crippen LogP contribution in [0.25, 0.3) is 0 Å². The van der Waals surface area contributed by atoms with E-state index in [2.05, 4.69) is 52.4 Å². The Kier molecular flexibility index (Phi) is 4.83. The maximum Gasteiger partial charge on any atom is 0.105 e. The lowest BCUT2D eigenvalue weighted by Gasteiger charge is -2.18. The highest BCUT2D eigenvalue weighted by Crippen LogP contribution is 2.27. The number of benzene rings is 1. The van der Waals surface area contributed by atoms with E-state index in [-0.39, 0.29) is 0 Å². The summed E-state index contributed by atoms with van der Waals surface area (Å²) in [5.74, 6) is 1.98. The van der Waals surface area contributed by atoms with Crippen molar-refractivity contribution in [2.24, 2.45) is 0 Å². The van der Waals surface area contributed by atoms with E-state index in [1.54, 1.807) is 0 Å². The van der Waals surface area contributed by atoms with Crippen molar-refractivity contribution < 1.29 is 4.42 Å². The molecule has 2 nitrogen and oxygen atoms in total. The molecule has 1 aromatic heterocycles. The van der Waals surface area contributed by atoms with Crippen LogP contribution < -0.4 is 5.32 Å². The Morgan fingerprint density at radius 3 is 2.58 bits per heavy atom. The normalized spacial score (nSPS) is 12.6. The first kappa shape index (κ1) is 14.4. The number of halogens is 1. The zero-order valence-electron chi connectivity index (χ0n) is 11.7. The second-order valence-electron chi connectivity index (χ2n) is 4.77. The van der Waals surface area contributed by atoms with E-state index < -0.39 is 0 Å². The fourth-order valence-corrected chi connectivity index (χ4v) is 2.87. The van der Waals surface area contributed by atoms with Gasteiger partial charge in [-0.1, -0.05) is 41.1 Å². The summed E-state index contributed by atoms with van der Waals surface area (Å²) in [5, 5.41) is 3.55. The van der Waals surface area contributed by atoms with Crippen molar-refractivity contribution >= 4 is 15.9 Å². The smallest absolute Gasteiger partial charge is 0.105 e. The largest absolute Gasteiger partial charge is 0.466 e. The Morgan fingerprint density at radius 2 is 2.00 bits per heavy atom.